The Hall–Kier alpha value is -2.17. The third-order valence-electron chi connectivity index (χ3n) is 2.45. The number of benzene rings is 1. The summed E-state index contributed by atoms with van der Waals surface area (Å²) in [6, 6.07) is 7.85. The Labute approximate surface area is 105 Å². The van der Waals surface area contributed by atoms with Gasteiger partial charge in [-0.2, -0.15) is 0 Å². The van der Waals surface area contributed by atoms with E-state index < -0.39 is 12.0 Å². The fourth-order valence-electron chi connectivity index (χ4n) is 1.40. The SMILES string of the molecule is C[C@@H](NC(=O)c1ccccc1)C(=O)CCC(=O)O. The maximum absolute atomic E-state index is 11.7. The normalized spacial score (nSPS) is 11.6. The Morgan fingerprint density at radius 1 is 1.17 bits per heavy atom. The molecule has 96 valence electrons. The Morgan fingerprint density at radius 2 is 1.78 bits per heavy atom. The zero-order valence-electron chi connectivity index (χ0n) is 10.1. The summed E-state index contributed by atoms with van der Waals surface area (Å²) in [5, 5.41) is 11.0. The number of carbonyl (C=O) groups excluding carboxylic acids is 2. The number of carbonyl (C=O) groups is 3. The highest BCUT2D eigenvalue weighted by atomic mass is 16.4. The molecule has 0 spiro atoms. The van der Waals surface area contributed by atoms with Crippen LogP contribution in [0.4, 0.5) is 0 Å². The van der Waals surface area contributed by atoms with Crippen LogP contribution in [0.2, 0.25) is 0 Å². The van der Waals surface area contributed by atoms with Crippen molar-refractivity contribution >= 4 is 17.7 Å². The lowest BCUT2D eigenvalue weighted by Crippen LogP contribution is -2.38. The predicted octanol–water partition coefficient (Wildman–Crippen LogP) is 1.24. The van der Waals surface area contributed by atoms with E-state index in [0.29, 0.717) is 5.56 Å². The van der Waals surface area contributed by atoms with Crippen LogP contribution in [0.25, 0.3) is 0 Å². The van der Waals surface area contributed by atoms with Crippen molar-refractivity contribution in [2.45, 2.75) is 25.8 Å². The Kier molecular flexibility index (Phi) is 5.05. The Morgan fingerprint density at radius 3 is 2.33 bits per heavy atom. The molecule has 1 aromatic carbocycles. The minimum atomic E-state index is -1.02. The van der Waals surface area contributed by atoms with Gasteiger partial charge in [0.25, 0.3) is 5.91 Å². The molecule has 0 aliphatic heterocycles. The van der Waals surface area contributed by atoms with Crippen molar-refractivity contribution in [3.63, 3.8) is 0 Å². The van der Waals surface area contributed by atoms with Gasteiger partial charge in [-0.25, -0.2) is 0 Å². The first-order valence-electron chi connectivity index (χ1n) is 5.61. The number of hydrogen-bond donors (Lipinski definition) is 2. The van der Waals surface area contributed by atoms with Crippen LogP contribution < -0.4 is 5.32 Å². The fraction of sp³-hybridized carbons (Fsp3) is 0.308. The lowest BCUT2D eigenvalue weighted by Gasteiger charge is -2.12. The van der Waals surface area contributed by atoms with E-state index in [1.165, 1.54) is 0 Å². The van der Waals surface area contributed by atoms with Gasteiger partial charge in [-0.05, 0) is 19.1 Å². The van der Waals surface area contributed by atoms with E-state index in [4.69, 9.17) is 5.11 Å². The second kappa shape index (κ2) is 6.54. The molecule has 0 saturated heterocycles. The van der Waals surface area contributed by atoms with E-state index in [1.807, 2.05) is 0 Å². The third kappa shape index (κ3) is 4.37. The summed E-state index contributed by atoms with van der Waals surface area (Å²) in [5.74, 6) is -1.65. The van der Waals surface area contributed by atoms with Crippen molar-refractivity contribution in [2.75, 3.05) is 0 Å². The Balaban J connectivity index is 2.49. The number of carboxylic acid groups (broad SMARTS) is 1. The molecule has 0 unspecified atom stereocenters. The Bertz CT molecular complexity index is 442. The molecule has 0 bridgehead atoms. The van der Waals surface area contributed by atoms with Gasteiger partial charge >= 0.3 is 5.97 Å². The molecular weight excluding hydrogens is 234 g/mol. The molecule has 0 aromatic heterocycles. The maximum Gasteiger partial charge on any atom is 0.303 e. The van der Waals surface area contributed by atoms with Crippen molar-refractivity contribution in [3.8, 4) is 0 Å². The van der Waals surface area contributed by atoms with Gasteiger partial charge in [0.15, 0.2) is 5.78 Å². The molecule has 0 saturated carbocycles. The summed E-state index contributed by atoms with van der Waals surface area (Å²) in [6.45, 7) is 1.55. The molecule has 0 fully saturated rings. The molecule has 2 N–H and O–H groups in total. The van der Waals surface area contributed by atoms with Crippen molar-refractivity contribution in [1.82, 2.24) is 5.32 Å². The molecule has 0 radical (unpaired) electrons. The van der Waals surface area contributed by atoms with Crippen LogP contribution in [-0.2, 0) is 9.59 Å². The van der Waals surface area contributed by atoms with Crippen molar-refractivity contribution in [2.24, 2.45) is 0 Å². The lowest BCUT2D eigenvalue weighted by molar-refractivity contribution is -0.138. The summed E-state index contributed by atoms with van der Waals surface area (Å²) in [7, 11) is 0. The number of amides is 1. The first-order valence-corrected chi connectivity index (χ1v) is 5.61. The van der Waals surface area contributed by atoms with E-state index in [-0.39, 0.29) is 24.5 Å². The van der Waals surface area contributed by atoms with Gasteiger partial charge in [0.2, 0.25) is 0 Å². The standard InChI is InChI=1S/C13H15NO4/c1-9(11(15)7-8-12(16)17)14-13(18)10-5-3-2-4-6-10/h2-6,9H,7-8H2,1H3,(H,14,18)(H,16,17)/t9-/m1/s1. The largest absolute Gasteiger partial charge is 0.481 e. The van der Waals surface area contributed by atoms with Gasteiger partial charge in [-0.1, -0.05) is 18.2 Å². The van der Waals surface area contributed by atoms with Gasteiger partial charge in [0, 0.05) is 12.0 Å². The number of rotatable bonds is 6. The van der Waals surface area contributed by atoms with E-state index in [2.05, 4.69) is 5.32 Å². The number of ketones is 1. The van der Waals surface area contributed by atoms with E-state index >= 15 is 0 Å². The van der Waals surface area contributed by atoms with E-state index in [9.17, 15) is 14.4 Å². The highest BCUT2D eigenvalue weighted by Gasteiger charge is 2.17. The topological polar surface area (TPSA) is 83.5 Å². The van der Waals surface area contributed by atoms with Gasteiger partial charge < -0.3 is 10.4 Å². The zero-order valence-corrected chi connectivity index (χ0v) is 10.1. The predicted molar refractivity (Wildman–Crippen MR) is 65.2 cm³/mol. The fourth-order valence-corrected chi connectivity index (χ4v) is 1.40. The molecule has 18 heavy (non-hydrogen) atoms. The zero-order chi connectivity index (χ0) is 13.5. The molecule has 1 atom stereocenters. The number of carboxylic acids is 1. The van der Waals surface area contributed by atoms with Crippen molar-refractivity contribution < 1.29 is 19.5 Å². The molecule has 1 amide bonds. The average Bonchev–Trinajstić information content (AvgIpc) is 2.36. The molecule has 0 aliphatic rings. The summed E-state index contributed by atoms with van der Waals surface area (Å²) >= 11 is 0. The number of Topliss-reactive ketones (excluding diaryl/α,β-unsaturated/α-hetero) is 1. The second-order valence-electron chi connectivity index (χ2n) is 3.92. The second-order valence-corrected chi connectivity index (χ2v) is 3.92. The van der Waals surface area contributed by atoms with Crippen LogP contribution in [0.3, 0.4) is 0 Å². The summed E-state index contributed by atoms with van der Waals surface area (Å²) in [5.41, 5.74) is 0.468. The molecule has 0 heterocycles. The molecule has 1 rings (SSSR count). The molecule has 1 aromatic rings. The summed E-state index contributed by atoms with van der Waals surface area (Å²) < 4.78 is 0. The smallest absolute Gasteiger partial charge is 0.303 e. The molecule has 0 aliphatic carbocycles. The van der Waals surface area contributed by atoms with Gasteiger partial charge in [-0.15, -0.1) is 0 Å². The highest BCUT2D eigenvalue weighted by molar-refractivity contribution is 5.98. The van der Waals surface area contributed by atoms with Crippen LogP contribution in [-0.4, -0.2) is 28.8 Å². The minimum Gasteiger partial charge on any atom is -0.481 e. The maximum atomic E-state index is 11.7. The first kappa shape index (κ1) is 13.9. The van der Waals surface area contributed by atoms with Crippen LogP contribution in [0.15, 0.2) is 30.3 Å². The number of aliphatic carboxylic acids is 1. The van der Waals surface area contributed by atoms with Crippen LogP contribution in [0.5, 0.6) is 0 Å². The van der Waals surface area contributed by atoms with Crippen molar-refractivity contribution in [1.29, 1.82) is 0 Å². The van der Waals surface area contributed by atoms with Crippen LogP contribution in [0.1, 0.15) is 30.1 Å². The first-order chi connectivity index (χ1) is 8.50. The lowest BCUT2D eigenvalue weighted by atomic mass is 10.1. The monoisotopic (exact) mass is 249 g/mol. The van der Waals surface area contributed by atoms with E-state index in [1.54, 1.807) is 37.3 Å². The summed E-state index contributed by atoms with van der Waals surface area (Å²) in [4.78, 5) is 33.6. The van der Waals surface area contributed by atoms with Crippen LogP contribution in [0, 0.1) is 0 Å². The highest BCUT2D eigenvalue weighted by Crippen LogP contribution is 2.01. The number of hydrogen-bond acceptors (Lipinski definition) is 3. The summed E-state index contributed by atoms with van der Waals surface area (Å²) in [6.07, 6.45) is -0.296. The van der Waals surface area contributed by atoms with Gasteiger partial charge in [0.05, 0.1) is 12.5 Å². The third-order valence-corrected chi connectivity index (χ3v) is 2.45. The minimum absolute atomic E-state index is 0.0778. The van der Waals surface area contributed by atoms with Gasteiger partial charge in [0.1, 0.15) is 0 Å². The quantitative estimate of drug-likeness (QED) is 0.794. The molecule has 5 nitrogen and oxygen atoms in total. The molecule has 5 heteroatoms. The number of nitrogens with one attached hydrogen (secondary N) is 1. The van der Waals surface area contributed by atoms with E-state index in [0.717, 1.165) is 0 Å². The van der Waals surface area contributed by atoms with Crippen molar-refractivity contribution in [3.05, 3.63) is 35.9 Å². The molecular formula is C13H15NO4. The average molecular weight is 249 g/mol. The van der Waals surface area contributed by atoms with Gasteiger partial charge in [-0.3, -0.25) is 14.4 Å². The van der Waals surface area contributed by atoms with Crippen LogP contribution >= 0.6 is 0 Å².